The van der Waals surface area contributed by atoms with Gasteiger partial charge in [0.05, 0.1) is 11.7 Å². The molecule has 0 atom stereocenters. The van der Waals surface area contributed by atoms with E-state index in [1.165, 1.54) is 4.57 Å². The van der Waals surface area contributed by atoms with Crippen molar-refractivity contribution in [1.82, 2.24) is 9.55 Å². The molecule has 90 valence electrons. The maximum Gasteiger partial charge on any atom is 0.419 e. The predicted molar refractivity (Wildman–Crippen MR) is 66.1 cm³/mol. The molecule has 0 aromatic carbocycles. The van der Waals surface area contributed by atoms with Crippen molar-refractivity contribution in [2.24, 2.45) is 0 Å². The molecule has 2 aromatic heterocycles. The van der Waals surface area contributed by atoms with E-state index in [0.717, 1.165) is 16.5 Å². The summed E-state index contributed by atoms with van der Waals surface area (Å²) in [5.74, 6) is 0. The van der Waals surface area contributed by atoms with Crippen LogP contribution >= 0.6 is 0 Å². The molecule has 4 nitrogen and oxygen atoms in total. The highest BCUT2D eigenvalue weighted by molar-refractivity contribution is 5.91. The van der Waals surface area contributed by atoms with Crippen molar-refractivity contribution in [3.63, 3.8) is 0 Å². The summed E-state index contributed by atoms with van der Waals surface area (Å²) in [4.78, 5) is 16.0. The van der Waals surface area contributed by atoms with Gasteiger partial charge >= 0.3 is 6.09 Å². The van der Waals surface area contributed by atoms with Crippen LogP contribution in [0.1, 0.15) is 26.3 Å². The Morgan fingerprint density at radius 2 is 2.12 bits per heavy atom. The molecular formula is C13H16N2O2. The summed E-state index contributed by atoms with van der Waals surface area (Å²) in [6.45, 7) is 7.51. The average Bonchev–Trinajstić information content (AvgIpc) is 2.55. The van der Waals surface area contributed by atoms with Gasteiger partial charge in [0.1, 0.15) is 5.60 Å². The van der Waals surface area contributed by atoms with Crippen molar-refractivity contribution in [2.75, 3.05) is 0 Å². The maximum absolute atomic E-state index is 12.0. The highest BCUT2D eigenvalue weighted by Crippen LogP contribution is 2.20. The van der Waals surface area contributed by atoms with Crippen LogP contribution in [-0.2, 0) is 4.74 Å². The lowest BCUT2D eigenvalue weighted by molar-refractivity contribution is 0.0544. The van der Waals surface area contributed by atoms with Crippen molar-refractivity contribution >= 4 is 17.0 Å². The summed E-state index contributed by atoms with van der Waals surface area (Å²) in [5.41, 5.74) is 1.32. The molecule has 4 heteroatoms. The monoisotopic (exact) mass is 232 g/mol. The summed E-state index contributed by atoms with van der Waals surface area (Å²) in [7, 11) is 0. The highest BCUT2D eigenvalue weighted by Gasteiger charge is 2.19. The quantitative estimate of drug-likeness (QED) is 0.701. The number of carbonyl (C=O) groups excluding carboxylic acids is 1. The number of ether oxygens (including phenoxy) is 1. The minimum atomic E-state index is -0.496. The van der Waals surface area contributed by atoms with Crippen LogP contribution in [0.4, 0.5) is 4.79 Å². The Hall–Kier alpha value is -1.84. The zero-order valence-electron chi connectivity index (χ0n) is 10.5. The SMILES string of the molecule is Cc1cn(C(=O)OC(C)(C)C)c2cnccc12. The molecule has 0 saturated heterocycles. The minimum absolute atomic E-state index is 0.372. The largest absolute Gasteiger partial charge is 0.443 e. The number of aryl methyl sites for hydroxylation is 1. The van der Waals surface area contributed by atoms with Gasteiger partial charge in [-0.3, -0.25) is 9.55 Å². The molecule has 0 radical (unpaired) electrons. The van der Waals surface area contributed by atoms with Gasteiger partial charge in [0.15, 0.2) is 0 Å². The van der Waals surface area contributed by atoms with E-state index >= 15 is 0 Å². The fraction of sp³-hybridized carbons (Fsp3) is 0.385. The zero-order chi connectivity index (χ0) is 12.6. The smallest absolute Gasteiger partial charge is 0.419 e. The first kappa shape index (κ1) is 11.6. The molecule has 0 aliphatic rings. The first-order valence-electron chi connectivity index (χ1n) is 5.53. The molecule has 0 fully saturated rings. The van der Waals surface area contributed by atoms with Gasteiger partial charge in [-0.15, -0.1) is 0 Å². The second kappa shape index (κ2) is 3.87. The van der Waals surface area contributed by atoms with Gasteiger partial charge in [-0.25, -0.2) is 4.79 Å². The van der Waals surface area contributed by atoms with Crippen LogP contribution in [0.3, 0.4) is 0 Å². The van der Waals surface area contributed by atoms with Gasteiger partial charge in [0.25, 0.3) is 0 Å². The Morgan fingerprint density at radius 3 is 2.76 bits per heavy atom. The van der Waals surface area contributed by atoms with Crippen molar-refractivity contribution in [3.8, 4) is 0 Å². The van der Waals surface area contributed by atoms with Gasteiger partial charge < -0.3 is 4.74 Å². The van der Waals surface area contributed by atoms with Crippen LogP contribution in [0.15, 0.2) is 24.7 Å². The van der Waals surface area contributed by atoms with Crippen molar-refractivity contribution in [1.29, 1.82) is 0 Å². The van der Waals surface area contributed by atoms with Gasteiger partial charge in [-0.1, -0.05) is 0 Å². The van der Waals surface area contributed by atoms with E-state index in [-0.39, 0.29) is 6.09 Å². The van der Waals surface area contributed by atoms with Crippen molar-refractivity contribution in [2.45, 2.75) is 33.3 Å². The van der Waals surface area contributed by atoms with E-state index in [1.807, 2.05) is 33.8 Å². The third-order valence-corrected chi connectivity index (χ3v) is 2.40. The molecule has 0 aliphatic heterocycles. The molecule has 0 aliphatic carbocycles. The molecule has 0 saturated carbocycles. The summed E-state index contributed by atoms with van der Waals surface area (Å²) in [5, 5.41) is 1.02. The standard InChI is InChI=1S/C13H16N2O2/c1-9-8-15(12(16)17-13(2,3)4)11-7-14-6-5-10(9)11/h5-8H,1-4H3. The van der Waals surface area contributed by atoms with Crippen LogP contribution in [0, 0.1) is 6.92 Å². The summed E-state index contributed by atoms with van der Waals surface area (Å²) in [6.07, 6.45) is 4.80. The van der Waals surface area contributed by atoms with Crippen LogP contribution < -0.4 is 0 Å². The Labute approximate surface area is 100 Å². The second-order valence-electron chi connectivity index (χ2n) is 5.06. The molecule has 0 bridgehead atoms. The molecule has 0 unspecified atom stereocenters. The minimum Gasteiger partial charge on any atom is -0.443 e. The Morgan fingerprint density at radius 1 is 1.41 bits per heavy atom. The average molecular weight is 232 g/mol. The van der Waals surface area contributed by atoms with Gasteiger partial charge in [-0.05, 0) is 39.3 Å². The third kappa shape index (κ3) is 2.30. The molecule has 0 N–H and O–H groups in total. The normalized spacial score (nSPS) is 11.8. The lowest BCUT2D eigenvalue weighted by Gasteiger charge is -2.19. The van der Waals surface area contributed by atoms with Crippen LogP contribution in [0.2, 0.25) is 0 Å². The van der Waals surface area contributed by atoms with Crippen LogP contribution in [-0.4, -0.2) is 21.2 Å². The number of fused-ring (bicyclic) bond motifs is 1. The van der Waals surface area contributed by atoms with Crippen molar-refractivity contribution in [3.05, 3.63) is 30.2 Å². The van der Waals surface area contributed by atoms with Gasteiger partial charge in [0, 0.05) is 17.8 Å². The maximum atomic E-state index is 12.0. The number of hydrogen-bond donors (Lipinski definition) is 0. The molecule has 2 aromatic rings. The van der Waals surface area contributed by atoms with Crippen LogP contribution in [0.25, 0.3) is 10.9 Å². The lowest BCUT2D eigenvalue weighted by atomic mass is 10.2. The molecule has 0 spiro atoms. The molecule has 17 heavy (non-hydrogen) atoms. The topological polar surface area (TPSA) is 44.1 Å². The molecule has 0 amide bonds. The van der Waals surface area contributed by atoms with E-state index in [1.54, 1.807) is 18.6 Å². The predicted octanol–water partition coefficient (Wildman–Crippen LogP) is 3.13. The fourth-order valence-corrected chi connectivity index (χ4v) is 1.71. The number of pyridine rings is 1. The fourth-order valence-electron chi connectivity index (χ4n) is 1.71. The molecule has 2 heterocycles. The first-order chi connectivity index (χ1) is 7.88. The number of aromatic nitrogens is 2. The molecule has 2 rings (SSSR count). The Bertz CT molecular complexity index is 564. The number of carbonyl (C=O) groups is 1. The van der Waals surface area contributed by atoms with E-state index in [2.05, 4.69) is 4.98 Å². The third-order valence-electron chi connectivity index (χ3n) is 2.40. The van der Waals surface area contributed by atoms with E-state index in [0.29, 0.717) is 0 Å². The summed E-state index contributed by atoms with van der Waals surface area (Å²) in [6, 6.07) is 1.89. The Balaban J connectivity index is 2.46. The lowest BCUT2D eigenvalue weighted by Crippen LogP contribution is -2.26. The number of hydrogen-bond acceptors (Lipinski definition) is 3. The summed E-state index contributed by atoms with van der Waals surface area (Å²) >= 11 is 0. The Kier molecular flexibility index (Phi) is 2.65. The van der Waals surface area contributed by atoms with Crippen LogP contribution in [0.5, 0.6) is 0 Å². The highest BCUT2D eigenvalue weighted by atomic mass is 16.6. The zero-order valence-corrected chi connectivity index (χ0v) is 10.5. The van der Waals surface area contributed by atoms with Gasteiger partial charge in [0.2, 0.25) is 0 Å². The van der Waals surface area contributed by atoms with E-state index in [4.69, 9.17) is 4.74 Å². The number of nitrogens with zero attached hydrogens (tertiary/aromatic N) is 2. The van der Waals surface area contributed by atoms with E-state index in [9.17, 15) is 4.79 Å². The number of rotatable bonds is 0. The first-order valence-corrected chi connectivity index (χ1v) is 5.53. The summed E-state index contributed by atoms with van der Waals surface area (Å²) < 4.78 is 6.84. The molecular weight excluding hydrogens is 216 g/mol. The second-order valence-corrected chi connectivity index (χ2v) is 5.06. The van der Waals surface area contributed by atoms with E-state index < -0.39 is 5.60 Å². The van der Waals surface area contributed by atoms with Crippen molar-refractivity contribution < 1.29 is 9.53 Å². The van der Waals surface area contributed by atoms with Gasteiger partial charge in [-0.2, -0.15) is 0 Å².